The summed E-state index contributed by atoms with van der Waals surface area (Å²) >= 11 is 7.30. The summed E-state index contributed by atoms with van der Waals surface area (Å²) in [6.45, 7) is 5.94. The third kappa shape index (κ3) is 5.02. The van der Waals surface area contributed by atoms with Gasteiger partial charge in [0, 0.05) is 21.7 Å². The molecule has 9 heteroatoms. The second-order valence-corrected chi connectivity index (χ2v) is 8.70. The molecule has 1 aromatic carbocycles. The van der Waals surface area contributed by atoms with Crippen LogP contribution in [0, 0.1) is 5.92 Å². The van der Waals surface area contributed by atoms with Gasteiger partial charge in [-0.25, -0.2) is 4.79 Å². The van der Waals surface area contributed by atoms with Gasteiger partial charge in [0.05, 0.1) is 17.7 Å². The molecule has 2 heterocycles. The van der Waals surface area contributed by atoms with Crippen molar-refractivity contribution in [1.82, 2.24) is 9.78 Å². The normalized spacial score (nSPS) is 11.2. The highest BCUT2D eigenvalue weighted by atomic mass is 35.5. The van der Waals surface area contributed by atoms with Crippen LogP contribution < -0.4 is 10.9 Å². The summed E-state index contributed by atoms with van der Waals surface area (Å²) in [7, 11) is 0. The van der Waals surface area contributed by atoms with E-state index in [9.17, 15) is 14.4 Å². The zero-order valence-corrected chi connectivity index (χ0v) is 19.9. The van der Waals surface area contributed by atoms with Gasteiger partial charge in [-0.05, 0) is 38.0 Å². The van der Waals surface area contributed by atoms with Gasteiger partial charge in [-0.3, -0.25) is 9.59 Å². The van der Waals surface area contributed by atoms with Gasteiger partial charge >= 0.3 is 5.97 Å². The first-order valence-electron chi connectivity index (χ1n) is 10.7. The van der Waals surface area contributed by atoms with Gasteiger partial charge in [0.2, 0.25) is 5.91 Å². The lowest BCUT2D eigenvalue weighted by molar-refractivity contribution is -0.120. The number of thiophene rings is 1. The average Bonchev–Trinajstić information content (AvgIpc) is 3.18. The van der Waals surface area contributed by atoms with Crippen LogP contribution in [0.4, 0.5) is 5.00 Å². The quantitative estimate of drug-likeness (QED) is 0.416. The van der Waals surface area contributed by atoms with Crippen LogP contribution in [-0.4, -0.2) is 28.3 Å². The van der Waals surface area contributed by atoms with Crippen molar-refractivity contribution in [2.75, 3.05) is 11.9 Å². The van der Waals surface area contributed by atoms with E-state index in [1.165, 1.54) is 11.3 Å². The standard InChI is InChI=1S/C23H26ClN3O4S/c1-4-8-14(9-5-2)20(28)25-21-18-17(13-32-21)19(23(30)31-6-3)26-27(22(18)29)16-11-7-10-15(24)12-16/h7,10-14H,4-6,8-9H2,1-3H3,(H,25,28). The van der Waals surface area contributed by atoms with E-state index in [2.05, 4.69) is 10.4 Å². The molecule has 0 spiro atoms. The molecule has 0 aliphatic carbocycles. The molecular weight excluding hydrogens is 450 g/mol. The topological polar surface area (TPSA) is 90.3 Å². The van der Waals surface area contributed by atoms with Crippen LogP contribution in [0.2, 0.25) is 5.02 Å². The van der Waals surface area contributed by atoms with E-state index < -0.39 is 11.5 Å². The predicted molar refractivity (Wildman–Crippen MR) is 128 cm³/mol. The molecule has 32 heavy (non-hydrogen) atoms. The summed E-state index contributed by atoms with van der Waals surface area (Å²) in [4.78, 5) is 39.0. The Balaban J connectivity index is 2.17. The zero-order valence-electron chi connectivity index (χ0n) is 18.3. The number of amides is 1. The molecule has 170 valence electrons. The number of carbonyl (C=O) groups excluding carboxylic acids is 2. The number of ether oxygens (including phenoxy) is 1. The number of esters is 1. The molecule has 0 saturated heterocycles. The molecule has 3 aromatic rings. The molecule has 0 unspecified atom stereocenters. The number of halogens is 1. The Kier molecular flexibility index (Phi) is 8.04. The molecule has 1 amide bonds. The molecule has 0 saturated carbocycles. The lowest BCUT2D eigenvalue weighted by Gasteiger charge is -2.15. The molecule has 0 radical (unpaired) electrons. The third-order valence-electron chi connectivity index (χ3n) is 5.06. The minimum atomic E-state index is -0.640. The van der Waals surface area contributed by atoms with E-state index in [1.54, 1.807) is 36.6 Å². The molecular formula is C23H26ClN3O4S. The Bertz CT molecular complexity index is 1180. The fourth-order valence-corrected chi connectivity index (χ4v) is 4.72. The smallest absolute Gasteiger partial charge is 0.359 e. The predicted octanol–water partition coefficient (Wildman–Crippen LogP) is 5.43. The van der Waals surface area contributed by atoms with Crippen molar-refractivity contribution in [3.63, 3.8) is 0 Å². The van der Waals surface area contributed by atoms with Crippen LogP contribution in [0.15, 0.2) is 34.4 Å². The second kappa shape index (κ2) is 10.7. The van der Waals surface area contributed by atoms with Gasteiger partial charge in [0.15, 0.2) is 5.69 Å². The van der Waals surface area contributed by atoms with Gasteiger partial charge in [0.1, 0.15) is 5.00 Å². The maximum absolute atomic E-state index is 13.4. The minimum absolute atomic E-state index is 0.0110. The average molecular weight is 476 g/mol. The van der Waals surface area contributed by atoms with Crippen LogP contribution >= 0.6 is 22.9 Å². The van der Waals surface area contributed by atoms with Crippen molar-refractivity contribution in [1.29, 1.82) is 0 Å². The van der Waals surface area contributed by atoms with Crippen LogP contribution in [0.5, 0.6) is 0 Å². The number of aromatic nitrogens is 2. The summed E-state index contributed by atoms with van der Waals surface area (Å²) in [5.74, 6) is -0.900. The highest BCUT2D eigenvalue weighted by molar-refractivity contribution is 7.16. The van der Waals surface area contributed by atoms with E-state index in [1.807, 2.05) is 13.8 Å². The zero-order chi connectivity index (χ0) is 23.3. The Hall–Kier alpha value is -2.71. The van der Waals surface area contributed by atoms with E-state index in [4.69, 9.17) is 16.3 Å². The molecule has 1 N–H and O–H groups in total. The number of hydrogen-bond donors (Lipinski definition) is 1. The molecule has 0 atom stereocenters. The number of rotatable bonds is 9. The molecule has 7 nitrogen and oxygen atoms in total. The fourth-order valence-electron chi connectivity index (χ4n) is 3.59. The number of carbonyl (C=O) groups is 2. The molecule has 3 rings (SSSR count). The molecule has 2 aromatic heterocycles. The molecule has 0 fully saturated rings. The largest absolute Gasteiger partial charge is 0.461 e. The van der Waals surface area contributed by atoms with Crippen molar-refractivity contribution in [3.05, 3.63) is 50.7 Å². The molecule has 0 aliphatic heterocycles. The fraction of sp³-hybridized carbons (Fsp3) is 0.391. The summed E-state index contributed by atoms with van der Waals surface area (Å²) in [5.41, 5.74) is -0.0282. The number of hydrogen-bond acceptors (Lipinski definition) is 6. The number of fused-ring (bicyclic) bond motifs is 1. The molecule has 0 aliphatic rings. The van der Waals surface area contributed by atoms with Crippen molar-refractivity contribution in [3.8, 4) is 5.69 Å². The number of benzene rings is 1. The maximum atomic E-state index is 13.4. The highest BCUT2D eigenvalue weighted by Crippen LogP contribution is 2.31. The first-order chi connectivity index (χ1) is 15.4. The first-order valence-corrected chi connectivity index (χ1v) is 11.9. The Morgan fingerprint density at radius 2 is 1.94 bits per heavy atom. The van der Waals surface area contributed by atoms with Crippen molar-refractivity contribution in [2.45, 2.75) is 46.5 Å². The van der Waals surface area contributed by atoms with E-state index >= 15 is 0 Å². The highest BCUT2D eigenvalue weighted by Gasteiger charge is 2.25. The third-order valence-corrected chi connectivity index (χ3v) is 6.19. The first kappa shape index (κ1) is 23.9. The van der Waals surface area contributed by atoms with Crippen LogP contribution in [0.3, 0.4) is 0 Å². The minimum Gasteiger partial charge on any atom is -0.461 e. The van der Waals surface area contributed by atoms with Crippen molar-refractivity contribution < 1.29 is 14.3 Å². The molecule has 0 bridgehead atoms. The number of nitrogens with zero attached hydrogens (tertiary/aromatic N) is 2. The van der Waals surface area contributed by atoms with Gasteiger partial charge < -0.3 is 10.1 Å². The van der Waals surface area contributed by atoms with Gasteiger partial charge in [-0.1, -0.05) is 44.4 Å². The Morgan fingerprint density at radius 1 is 1.22 bits per heavy atom. The van der Waals surface area contributed by atoms with Crippen LogP contribution in [0.1, 0.15) is 56.9 Å². The number of nitrogens with one attached hydrogen (secondary N) is 1. The van der Waals surface area contributed by atoms with Crippen molar-refractivity contribution >= 4 is 50.6 Å². The number of anilines is 1. The van der Waals surface area contributed by atoms with Crippen molar-refractivity contribution in [2.24, 2.45) is 5.92 Å². The summed E-state index contributed by atoms with van der Waals surface area (Å²) in [5, 5.41) is 10.3. The maximum Gasteiger partial charge on any atom is 0.359 e. The Morgan fingerprint density at radius 3 is 2.56 bits per heavy atom. The van der Waals surface area contributed by atoms with Gasteiger partial charge in [0.25, 0.3) is 5.56 Å². The lowest BCUT2D eigenvalue weighted by atomic mass is 9.97. The van der Waals surface area contributed by atoms with E-state index in [0.29, 0.717) is 21.1 Å². The summed E-state index contributed by atoms with van der Waals surface area (Å²) in [6.07, 6.45) is 3.32. The van der Waals surface area contributed by atoms with E-state index in [0.717, 1.165) is 30.4 Å². The van der Waals surface area contributed by atoms with Crippen LogP contribution in [-0.2, 0) is 9.53 Å². The SMILES string of the molecule is CCCC(CCC)C(=O)Nc1scc2c(C(=O)OCC)nn(-c3cccc(Cl)c3)c(=O)c12. The monoisotopic (exact) mass is 475 g/mol. The Labute approximate surface area is 195 Å². The second-order valence-electron chi connectivity index (χ2n) is 7.38. The lowest BCUT2D eigenvalue weighted by Crippen LogP contribution is -2.27. The summed E-state index contributed by atoms with van der Waals surface area (Å²) < 4.78 is 6.28. The van der Waals surface area contributed by atoms with Gasteiger partial charge in [-0.15, -0.1) is 11.3 Å². The summed E-state index contributed by atoms with van der Waals surface area (Å²) in [6, 6.07) is 6.62. The van der Waals surface area contributed by atoms with Gasteiger partial charge in [-0.2, -0.15) is 9.78 Å². The van der Waals surface area contributed by atoms with E-state index in [-0.39, 0.29) is 29.5 Å². The van der Waals surface area contributed by atoms with Crippen LogP contribution in [0.25, 0.3) is 16.5 Å².